The van der Waals surface area contributed by atoms with Crippen LogP contribution in [0, 0.1) is 0 Å². The topological polar surface area (TPSA) is 56.7 Å². The Balaban J connectivity index is 2.20. The van der Waals surface area contributed by atoms with E-state index in [0.717, 1.165) is 11.4 Å². The van der Waals surface area contributed by atoms with Crippen molar-refractivity contribution in [1.29, 1.82) is 0 Å². The van der Waals surface area contributed by atoms with Gasteiger partial charge in [-0.05, 0) is 11.1 Å². The van der Waals surface area contributed by atoms with Crippen LogP contribution in [0.25, 0.3) is 0 Å². The van der Waals surface area contributed by atoms with Crippen LogP contribution in [-0.2, 0) is 13.6 Å². The first-order chi connectivity index (χ1) is 10.3. The van der Waals surface area contributed by atoms with Crippen molar-refractivity contribution >= 4 is 0 Å². The Hall–Kier alpha value is -2.46. The van der Waals surface area contributed by atoms with Crippen molar-refractivity contribution in [1.82, 2.24) is 15.0 Å². The summed E-state index contributed by atoms with van der Waals surface area (Å²) in [5.74, 6) is 0.0888. The van der Waals surface area contributed by atoms with Crippen LogP contribution in [0.5, 0.6) is 0 Å². The summed E-state index contributed by atoms with van der Waals surface area (Å²) in [4.78, 5) is 0. The van der Waals surface area contributed by atoms with E-state index >= 15 is 0 Å². The lowest BCUT2D eigenvalue weighted by molar-refractivity contribution is 0.668. The number of benzene rings is 2. The second-order valence-corrected chi connectivity index (χ2v) is 5.00. The minimum Gasteiger partial charge on any atom is -0.325 e. The summed E-state index contributed by atoms with van der Waals surface area (Å²) in [5, 5.41) is 8.34. The van der Waals surface area contributed by atoms with Gasteiger partial charge < -0.3 is 5.73 Å². The lowest BCUT2D eigenvalue weighted by atomic mass is 9.87. The predicted molar refractivity (Wildman–Crippen MR) is 82.7 cm³/mol. The summed E-state index contributed by atoms with van der Waals surface area (Å²) >= 11 is 0. The van der Waals surface area contributed by atoms with Crippen molar-refractivity contribution in [2.24, 2.45) is 12.8 Å². The fraction of sp³-hybridized carbons (Fsp3) is 0.176. The number of aryl methyl sites for hydroxylation is 1. The van der Waals surface area contributed by atoms with E-state index in [1.165, 1.54) is 11.1 Å². The molecule has 0 fully saturated rings. The van der Waals surface area contributed by atoms with Crippen molar-refractivity contribution in [3.63, 3.8) is 0 Å². The minimum absolute atomic E-state index is 0.0888. The van der Waals surface area contributed by atoms with Gasteiger partial charge in [-0.15, -0.1) is 5.10 Å². The molecule has 3 aromatic rings. The van der Waals surface area contributed by atoms with Crippen molar-refractivity contribution in [2.45, 2.75) is 12.5 Å². The van der Waals surface area contributed by atoms with Crippen LogP contribution in [0.3, 0.4) is 0 Å². The molecule has 0 bridgehead atoms. The zero-order valence-corrected chi connectivity index (χ0v) is 12.0. The number of rotatable bonds is 4. The molecule has 21 heavy (non-hydrogen) atoms. The van der Waals surface area contributed by atoms with Crippen LogP contribution in [-0.4, -0.2) is 15.0 Å². The van der Waals surface area contributed by atoms with Gasteiger partial charge in [0.2, 0.25) is 0 Å². The Bertz CT molecular complexity index is 665. The number of aromatic nitrogens is 3. The van der Waals surface area contributed by atoms with Crippen molar-refractivity contribution < 1.29 is 0 Å². The van der Waals surface area contributed by atoms with Crippen LogP contribution >= 0.6 is 0 Å². The standard InChI is InChI=1S/C17H18N4/c1-21-17(15(12-18)19-20-21)16(13-8-4-2-5-9-13)14-10-6-3-7-11-14/h2-11,16H,12,18H2,1H3. The van der Waals surface area contributed by atoms with Crippen LogP contribution < -0.4 is 5.73 Å². The Labute approximate surface area is 124 Å². The Morgan fingerprint density at radius 3 is 1.95 bits per heavy atom. The maximum atomic E-state index is 5.84. The zero-order chi connectivity index (χ0) is 14.7. The van der Waals surface area contributed by atoms with Crippen LogP contribution in [0.1, 0.15) is 28.4 Å². The van der Waals surface area contributed by atoms with Gasteiger partial charge in [-0.25, -0.2) is 0 Å². The van der Waals surface area contributed by atoms with E-state index in [9.17, 15) is 0 Å². The lowest BCUT2D eigenvalue weighted by Crippen LogP contribution is -2.12. The Kier molecular flexibility index (Phi) is 3.79. The van der Waals surface area contributed by atoms with Crippen molar-refractivity contribution in [3.8, 4) is 0 Å². The quantitative estimate of drug-likeness (QED) is 0.797. The molecule has 0 saturated heterocycles. The maximum absolute atomic E-state index is 5.84. The van der Waals surface area contributed by atoms with Gasteiger partial charge in [-0.3, -0.25) is 4.68 Å². The zero-order valence-electron chi connectivity index (χ0n) is 12.0. The van der Waals surface area contributed by atoms with E-state index < -0.39 is 0 Å². The van der Waals surface area contributed by atoms with E-state index in [2.05, 4.69) is 58.8 Å². The third kappa shape index (κ3) is 2.58. The number of nitrogens with zero attached hydrogens (tertiary/aromatic N) is 3. The third-order valence-corrected chi connectivity index (χ3v) is 3.68. The minimum atomic E-state index is 0.0888. The molecule has 0 aliphatic heterocycles. The molecule has 0 aliphatic carbocycles. The van der Waals surface area contributed by atoms with Crippen molar-refractivity contribution in [3.05, 3.63) is 83.2 Å². The third-order valence-electron chi connectivity index (χ3n) is 3.68. The highest BCUT2D eigenvalue weighted by atomic mass is 15.4. The van der Waals surface area contributed by atoms with Crippen LogP contribution in [0.4, 0.5) is 0 Å². The van der Waals surface area contributed by atoms with Crippen LogP contribution in [0.15, 0.2) is 60.7 Å². The SMILES string of the molecule is Cn1nnc(CN)c1C(c1ccccc1)c1ccccc1. The van der Waals surface area contributed by atoms with Crippen LogP contribution in [0.2, 0.25) is 0 Å². The Morgan fingerprint density at radius 2 is 1.48 bits per heavy atom. The molecule has 0 radical (unpaired) electrons. The second kappa shape index (κ2) is 5.89. The molecular formula is C17H18N4. The molecule has 0 unspecified atom stereocenters. The number of hydrogen-bond donors (Lipinski definition) is 1. The summed E-state index contributed by atoms with van der Waals surface area (Å²) in [6, 6.07) is 20.8. The van der Waals surface area contributed by atoms with Gasteiger partial charge in [0, 0.05) is 13.6 Å². The molecule has 1 heterocycles. The monoisotopic (exact) mass is 278 g/mol. The molecule has 4 nitrogen and oxygen atoms in total. The van der Waals surface area contributed by atoms with E-state index in [4.69, 9.17) is 5.73 Å². The molecule has 0 saturated carbocycles. The summed E-state index contributed by atoms with van der Waals surface area (Å²) in [5.41, 5.74) is 10.2. The summed E-state index contributed by atoms with van der Waals surface area (Å²) in [6.07, 6.45) is 0. The van der Waals surface area contributed by atoms with E-state index in [-0.39, 0.29) is 5.92 Å². The van der Waals surface area contributed by atoms with Gasteiger partial charge >= 0.3 is 0 Å². The smallest absolute Gasteiger partial charge is 0.100 e. The summed E-state index contributed by atoms with van der Waals surface area (Å²) in [6.45, 7) is 0.388. The normalized spacial score (nSPS) is 11.0. The fourth-order valence-electron chi connectivity index (χ4n) is 2.71. The largest absolute Gasteiger partial charge is 0.325 e. The lowest BCUT2D eigenvalue weighted by Gasteiger charge is -2.19. The first-order valence-corrected chi connectivity index (χ1v) is 6.99. The summed E-state index contributed by atoms with van der Waals surface area (Å²) in [7, 11) is 1.92. The molecule has 2 aromatic carbocycles. The van der Waals surface area contributed by atoms with Gasteiger partial charge in [0.25, 0.3) is 0 Å². The van der Waals surface area contributed by atoms with E-state index in [1.54, 1.807) is 0 Å². The highest BCUT2D eigenvalue weighted by Crippen LogP contribution is 2.32. The molecule has 0 amide bonds. The van der Waals surface area contributed by atoms with Gasteiger partial charge in [0.1, 0.15) is 5.69 Å². The van der Waals surface area contributed by atoms with Gasteiger partial charge in [-0.1, -0.05) is 65.9 Å². The second-order valence-electron chi connectivity index (χ2n) is 5.00. The highest BCUT2D eigenvalue weighted by Gasteiger charge is 2.23. The van der Waals surface area contributed by atoms with Gasteiger partial charge in [0.05, 0.1) is 11.6 Å². The van der Waals surface area contributed by atoms with Gasteiger partial charge in [0.15, 0.2) is 0 Å². The van der Waals surface area contributed by atoms with E-state index in [1.807, 2.05) is 23.9 Å². The first-order valence-electron chi connectivity index (χ1n) is 6.99. The maximum Gasteiger partial charge on any atom is 0.100 e. The molecule has 1 aromatic heterocycles. The average molecular weight is 278 g/mol. The fourth-order valence-corrected chi connectivity index (χ4v) is 2.71. The Morgan fingerprint density at radius 1 is 0.952 bits per heavy atom. The van der Waals surface area contributed by atoms with Crippen molar-refractivity contribution in [2.75, 3.05) is 0 Å². The van der Waals surface area contributed by atoms with Gasteiger partial charge in [-0.2, -0.15) is 0 Å². The first kappa shape index (κ1) is 13.5. The average Bonchev–Trinajstić information content (AvgIpc) is 2.91. The molecule has 0 spiro atoms. The van der Waals surface area contributed by atoms with E-state index in [0.29, 0.717) is 6.54 Å². The predicted octanol–water partition coefficient (Wildman–Crippen LogP) is 2.45. The molecule has 0 aliphatic rings. The molecular weight excluding hydrogens is 260 g/mol. The number of hydrogen-bond acceptors (Lipinski definition) is 3. The molecule has 3 rings (SSSR count). The molecule has 106 valence electrons. The molecule has 4 heteroatoms. The highest BCUT2D eigenvalue weighted by molar-refractivity contribution is 5.41. The number of nitrogens with two attached hydrogens (primary N) is 1. The molecule has 2 N–H and O–H groups in total. The summed E-state index contributed by atoms with van der Waals surface area (Å²) < 4.78 is 1.83. The molecule has 0 atom stereocenters.